The molecule has 2 N–H and O–H groups in total. The van der Waals surface area contributed by atoms with E-state index in [9.17, 15) is 9.59 Å². The SMILES string of the molecule is CC(C)(C)OC(=O)NCCc1cc(OCc2ccccc2)ccc1/C=C/C(=O)O. The van der Waals surface area contributed by atoms with Crippen LogP contribution in [-0.2, 0) is 22.6 Å². The van der Waals surface area contributed by atoms with Crippen LogP contribution in [0.2, 0.25) is 0 Å². The zero-order valence-electron chi connectivity index (χ0n) is 17.0. The van der Waals surface area contributed by atoms with Crippen LogP contribution in [0.15, 0.2) is 54.6 Å². The fourth-order valence-electron chi connectivity index (χ4n) is 2.57. The summed E-state index contributed by atoms with van der Waals surface area (Å²) in [7, 11) is 0. The van der Waals surface area contributed by atoms with Gasteiger partial charge in [0.15, 0.2) is 0 Å². The Kier molecular flexibility index (Phi) is 7.83. The molecule has 0 aliphatic rings. The van der Waals surface area contributed by atoms with Gasteiger partial charge in [0, 0.05) is 12.6 Å². The molecule has 6 nitrogen and oxygen atoms in total. The number of hydrogen-bond acceptors (Lipinski definition) is 4. The molecule has 1 amide bonds. The Morgan fingerprint density at radius 2 is 1.83 bits per heavy atom. The van der Waals surface area contributed by atoms with Crippen LogP contribution in [0.25, 0.3) is 6.08 Å². The van der Waals surface area contributed by atoms with Gasteiger partial charge in [-0.05, 0) is 62.1 Å². The van der Waals surface area contributed by atoms with E-state index < -0.39 is 17.7 Å². The molecule has 0 bridgehead atoms. The van der Waals surface area contributed by atoms with E-state index in [1.807, 2.05) is 42.5 Å². The summed E-state index contributed by atoms with van der Waals surface area (Å²) in [6.45, 7) is 6.19. The Morgan fingerprint density at radius 1 is 1.10 bits per heavy atom. The van der Waals surface area contributed by atoms with Crippen LogP contribution in [0.3, 0.4) is 0 Å². The van der Waals surface area contributed by atoms with Gasteiger partial charge in [-0.1, -0.05) is 36.4 Å². The zero-order chi connectivity index (χ0) is 21.3. The second kappa shape index (κ2) is 10.3. The fourth-order valence-corrected chi connectivity index (χ4v) is 2.57. The average Bonchev–Trinajstić information content (AvgIpc) is 2.65. The van der Waals surface area contributed by atoms with Gasteiger partial charge < -0.3 is 19.9 Å². The van der Waals surface area contributed by atoms with Crippen molar-refractivity contribution in [2.75, 3.05) is 6.54 Å². The molecule has 0 atom stereocenters. The largest absolute Gasteiger partial charge is 0.489 e. The highest BCUT2D eigenvalue weighted by atomic mass is 16.6. The van der Waals surface area contributed by atoms with Crippen LogP contribution < -0.4 is 10.1 Å². The molecule has 0 heterocycles. The number of hydrogen-bond donors (Lipinski definition) is 2. The summed E-state index contributed by atoms with van der Waals surface area (Å²) in [6.07, 6.45) is 2.63. The fraction of sp³-hybridized carbons (Fsp3) is 0.304. The van der Waals surface area contributed by atoms with Crippen molar-refractivity contribution in [1.29, 1.82) is 0 Å². The number of aliphatic carboxylic acids is 1. The maximum Gasteiger partial charge on any atom is 0.407 e. The number of alkyl carbamates (subject to hydrolysis) is 1. The Labute approximate surface area is 171 Å². The highest BCUT2D eigenvalue weighted by Gasteiger charge is 2.15. The second-order valence-corrected chi connectivity index (χ2v) is 7.49. The monoisotopic (exact) mass is 397 g/mol. The molecule has 0 saturated heterocycles. The van der Waals surface area contributed by atoms with E-state index in [-0.39, 0.29) is 0 Å². The van der Waals surface area contributed by atoms with Gasteiger partial charge in [-0.25, -0.2) is 9.59 Å². The first kappa shape index (κ1) is 22.0. The highest BCUT2D eigenvalue weighted by molar-refractivity contribution is 5.85. The van der Waals surface area contributed by atoms with Gasteiger partial charge in [-0.3, -0.25) is 0 Å². The number of carboxylic acid groups (broad SMARTS) is 1. The minimum atomic E-state index is -1.02. The van der Waals surface area contributed by atoms with Crippen molar-refractivity contribution >= 4 is 18.1 Å². The Hall–Kier alpha value is -3.28. The lowest BCUT2D eigenvalue weighted by atomic mass is 10.0. The molecule has 2 aromatic rings. The van der Waals surface area contributed by atoms with Gasteiger partial charge in [0.05, 0.1) is 0 Å². The number of ether oxygens (including phenoxy) is 2. The van der Waals surface area contributed by atoms with Crippen molar-refractivity contribution in [1.82, 2.24) is 5.32 Å². The van der Waals surface area contributed by atoms with Crippen LogP contribution >= 0.6 is 0 Å². The Morgan fingerprint density at radius 3 is 2.48 bits per heavy atom. The lowest BCUT2D eigenvalue weighted by Gasteiger charge is -2.19. The van der Waals surface area contributed by atoms with Gasteiger partial charge in [0.25, 0.3) is 0 Å². The van der Waals surface area contributed by atoms with Gasteiger partial charge in [0.1, 0.15) is 18.0 Å². The lowest BCUT2D eigenvalue weighted by molar-refractivity contribution is -0.131. The third kappa shape index (κ3) is 8.51. The number of amides is 1. The molecule has 0 aliphatic heterocycles. The third-order valence-electron chi connectivity index (χ3n) is 3.83. The Bertz CT molecular complexity index is 853. The summed E-state index contributed by atoms with van der Waals surface area (Å²) >= 11 is 0. The number of carbonyl (C=O) groups excluding carboxylic acids is 1. The predicted octanol–water partition coefficient (Wildman–Crippen LogP) is 4.43. The van der Waals surface area contributed by atoms with Crippen LogP contribution in [-0.4, -0.2) is 29.3 Å². The van der Waals surface area contributed by atoms with E-state index in [1.54, 1.807) is 26.8 Å². The van der Waals surface area contributed by atoms with Crippen molar-refractivity contribution in [2.45, 2.75) is 39.4 Å². The van der Waals surface area contributed by atoms with Crippen molar-refractivity contribution in [3.8, 4) is 5.75 Å². The average molecular weight is 397 g/mol. The van der Waals surface area contributed by atoms with Crippen molar-refractivity contribution in [3.05, 3.63) is 71.3 Å². The summed E-state index contributed by atoms with van der Waals surface area (Å²) in [6, 6.07) is 15.3. The molecule has 154 valence electrons. The molecule has 0 saturated carbocycles. The first-order valence-electron chi connectivity index (χ1n) is 9.40. The summed E-state index contributed by atoms with van der Waals surface area (Å²) in [4.78, 5) is 22.7. The summed E-state index contributed by atoms with van der Waals surface area (Å²) in [5, 5.41) is 11.6. The molecule has 0 radical (unpaired) electrons. The second-order valence-electron chi connectivity index (χ2n) is 7.49. The molecule has 0 fully saturated rings. The molecule has 0 aliphatic carbocycles. The lowest BCUT2D eigenvalue weighted by Crippen LogP contribution is -2.33. The maximum absolute atomic E-state index is 11.8. The number of carboxylic acids is 1. The molecule has 6 heteroatoms. The highest BCUT2D eigenvalue weighted by Crippen LogP contribution is 2.21. The van der Waals surface area contributed by atoms with Gasteiger partial charge in [-0.15, -0.1) is 0 Å². The van der Waals surface area contributed by atoms with Crippen molar-refractivity contribution in [2.24, 2.45) is 0 Å². The molecular weight excluding hydrogens is 370 g/mol. The topological polar surface area (TPSA) is 84.9 Å². The van der Waals surface area contributed by atoms with E-state index in [2.05, 4.69) is 5.32 Å². The first-order valence-corrected chi connectivity index (χ1v) is 9.40. The predicted molar refractivity (Wildman–Crippen MR) is 112 cm³/mol. The Balaban J connectivity index is 2.06. The zero-order valence-corrected chi connectivity index (χ0v) is 17.0. The van der Waals surface area contributed by atoms with Gasteiger partial charge >= 0.3 is 12.1 Å². The van der Waals surface area contributed by atoms with Gasteiger partial charge in [0.2, 0.25) is 0 Å². The van der Waals surface area contributed by atoms with E-state index >= 15 is 0 Å². The third-order valence-corrected chi connectivity index (χ3v) is 3.83. The quantitative estimate of drug-likeness (QED) is 0.644. The number of nitrogens with one attached hydrogen (secondary N) is 1. The van der Waals surface area contributed by atoms with Crippen molar-refractivity contribution in [3.63, 3.8) is 0 Å². The molecule has 0 aromatic heterocycles. The molecular formula is C23H27NO5. The molecule has 2 aromatic carbocycles. The van der Waals surface area contributed by atoms with Crippen LogP contribution in [0.5, 0.6) is 5.75 Å². The summed E-state index contributed by atoms with van der Waals surface area (Å²) in [5.41, 5.74) is 2.11. The molecule has 29 heavy (non-hydrogen) atoms. The number of rotatable bonds is 8. The first-order chi connectivity index (χ1) is 13.7. The van der Waals surface area contributed by atoms with Crippen molar-refractivity contribution < 1.29 is 24.2 Å². The van der Waals surface area contributed by atoms with Crippen LogP contribution in [0.1, 0.15) is 37.5 Å². The minimum Gasteiger partial charge on any atom is -0.489 e. The molecule has 0 spiro atoms. The van der Waals surface area contributed by atoms with E-state index in [0.29, 0.717) is 25.3 Å². The smallest absolute Gasteiger partial charge is 0.407 e. The molecule has 2 rings (SSSR count). The van der Waals surface area contributed by atoms with E-state index in [4.69, 9.17) is 14.6 Å². The number of benzene rings is 2. The minimum absolute atomic E-state index is 0.352. The van der Waals surface area contributed by atoms with Crippen LogP contribution in [0.4, 0.5) is 4.79 Å². The molecule has 0 unspecified atom stereocenters. The van der Waals surface area contributed by atoms with Crippen LogP contribution in [0, 0.1) is 0 Å². The van der Waals surface area contributed by atoms with E-state index in [1.165, 1.54) is 6.08 Å². The number of carbonyl (C=O) groups is 2. The summed E-state index contributed by atoms with van der Waals surface area (Å²) < 4.78 is 11.1. The van der Waals surface area contributed by atoms with Gasteiger partial charge in [-0.2, -0.15) is 0 Å². The maximum atomic E-state index is 11.8. The normalized spacial score (nSPS) is 11.3. The standard InChI is InChI=1S/C23H27NO5/c1-23(2,3)29-22(27)24-14-13-19-15-20(11-9-18(19)10-12-21(25)26)28-16-17-7-5-4-6-8-17/h4-12,15H,13-14,16H2,1-3H3,(H,24,27)(H,25,26)/b12-10+. The summed E-state index contributed by atoms with van der Waals surface area (Å²) in [5.74, 6) is -0.346. The van der Waals surface area contributed by atoms with E-state index in [0.717, 1.165) is 22.8 Å².